The van der Waals surface area contributed by atoms with E-state index in [4.69, 9.17) is 9.47 Å². The predicted octanol–water partition coefficient (Wildman–Crippen LogP) is 3.48. The Bertz CT molecular complexity index is 942. The molecule has 3 aromatic rings. The van der Waals surface area contributed by atoms with Gasteiger partial charge in [-0.15, -0.1) is 0 Å². The maximum Gasteiger partial charge on any atom is 0.236 e. The molecule has 134 valence electrons. The molecule has 26 heavy (non-hydrogen) atoms. The van der Waals surface area contributed by atoms with Crippen molar-refractivity contribution in [3.63, 3.8) is 0 Å². The van der Waals surface area contributed by atoms with Gasteiger partial charge >= 0.3 is 0 Å². The van der Waals surface area contributed by atoms with Gasteiger partial charge in [-0.3, -0.25) is 14.3 Å². The summed E-state index contributed by atoms with van der Waals surface area (Å²) in [5, 5.41) is 0.950. The van der Waals surface area contributed by atoms with Crippen molar-refractivity contribution in [3.05, 3.63) is 48.9 Å². The van der Waals surface area contributed by atoms with Gasteiger partial charge in [0.25, 0.3) is 0 Å². The molecule has 0 spiro atoms. The summed E-state index contributed by atoms with van der Waals surface area (Å²) in [5.41, 5.74) is 1.86. The van der Waals surface area contributed by atoms with Crippen LogP contribution in [-0.4, -0.2) is 42.0 Å². The third-order valence-electron chi connectivity index (χ3n) is 4.53. The molecule has 1 aliphatic heterocycles. The van der Waals surface area contributed by atoms with Crippen molar-refractivity contribution >= 4 is 34.4 Å². The number of ether oxygens (including phenoxy) is 2. The number of fused-ring (bicyclic) bond motifs is 1. The number of hydrogen-bond donors (Lipinski definition) is 0. The largest absolute Gasteiger partial charge is 0.493 e. The molecule has 0 radical (unpaired) electrons. The molecule has 4 rings (SSSR count). The minimum atomic E-state index is -0.0797. The molecule has 1 aliphatic rings. The summed E-state index contributed by atoms with van der Waals surface area (Å²) in [6, 6.07) is 9.59. The topological polar surface area (TPSA) is 56.6 Å². The zero-order valence-electron chi connectivity index (χ0n) is 14.6. The van der Waals surface area contributed by atoms with Gasteiger partial charge in [-0.25, -0.2) is 0 Å². The monoisotopic (exact) mass is 369 g/mol. The molecular formula is C19H19N3O3S. The highest BCUT2D eigenvalue weighted by Gasteiger charge is 2.31. The Morgan fingerprint density at radius 1 is 1.23 bits per heavy atom. The molecule has 0 N–H and O–H groups in total. The summed E-state index contributed by atoms with van der Waals surface area (Å²) < 4.78 is 14.6. The number of rotatable bonds is 4. The molecule has 1 saturated heterocycles. The lowest BCUT2D eigenvalue weighted by molar-refractivity contribution is 0.0862. The Balaban J connectivity index is 1.61. The van der Waals surface area contributed by atoms with Crippen molar-refractivity contribution in [2.75, 3.05) is 30.8 Å². The van der Waals surface area contributed by atoms with Gasteiger partial charge in [0.1, 0.15) is 0 Å². The van der Waals surface area contributed by atoms with Gasteiger partial charge < -0.3 is 13.8 Å². The van der Waals surface area contributed by atoms with Crippen LogP contribution in [0.3, 0.4) is 0 Å². The van der Waals surface area contributed by atoms with Crippen LogP contribution in [0.2, 0.25) is 0 Å². The van der Waals surface area contributed by atoms with Crippen LogP contribution in [0.1, 0.15) is 4.79 Å². The minimum Gasteiger partial charge on any atom is -0.493 e. The van der Waals surface area contributed by atoms with Crippen LogP contribution in [0.25, 0.3) is 10.9 Å². The molecule has 7 heteroatoms. The lowest BCUT2D eigenvalue weighted by Crippen LogP contribution is -2.26. The lowest BCUT2D eigenvalue weighted by atomic mass is 10.1. The number of pyridine rings is 1. The fraction of sp³-hybridized carbons (Fsp3) is 0.263. The molecule has 1 atom stereocenters. The molecule has 3 heterocycles. The molecule has 0 saturated carbocycles. The van der Waals surface area contributed by atoms with E-state index in [0.29, 0.717) is 18.0 Å². The second-order valence-corrected chi connectivity index (χ2v) is 7.09. The zero-order valence-corrected chi connectivity index (χ0v) is 15.4. The van der Waals surface area contributed by atoms with Crippen molar-refractivity contribution in [1.82, 2.24) is 9.55 Å². The highest BCUT2D eigenvalue weighted by Crippen LogP contribution is 2.35. The lowest BCUT2D eigenvalue weighted by Gasteiger charge is -2.16. The van der Waals surface area contributed by atoms with Gasteiger partial charge in [-0.2, -0.15) is 0 Å². The van der Waals surface area contributed by atoms with E-state index in [9.17, 15) is 4.79 Å². The maximum absolute atomic E-state index is 13.1. The number of carbonyl (C=O) groups excluding carboxylic acids is 1. The first-order valence-corrected chi connectivity index (χ1v) is 9.23. The van der Waals surface area contributed by atoms with E-state index < -0.39 is 0 Å². The fourth-order valence-corrected chi connectivity index (χ4v) is 4.32. The first-order chi connectivity index (χ1) is 12.7. The number of carbonyl (C=O) groups is 1. The van der Waals surface area contributed by atoms with Crippen LogP contribution in [0.4, 0.5) is 5.69 Å². The second kappa shape index (κ2) is 6.92. The number of aromatic nitrogens is 2. The normalized spacial score (nSPS) is 16.8. The smallest absolute Gasteiger partial charge is 0.236 e. The van der Waals surface area contributed by atoms with Crippen LogP contribution >= 0.6 is 11.9 Å². The molecule has 6 nitrogen and oxygen atoms in total. The molecule has 0 amide bonds. The van der Waals surface area contributed by atoms with Crippen molar-refractivity contribution < 1.29 is 14.3 Å². The third kappa shape index (κ3) is 2.88. The summed E-state index contributed by atoms with van der Waals surface area (Å²) in [4.78, 5) is 17.2. The summed E-state index contributed by atoms with van der Waals surface area (Å²) in [7, 11) is 3.20. The van der Waals surface area contributed by atoms with Gasteiger partial charge in [0, 0.05) is 36.1 Å². The van der Waals surface area contributed by atoms with Crippen LogP contribution in [0, 0.1) is 5.92 Å². The Morgan fingerprint density at radius 2 is 2.04 bits per heavy atom. The molecule has 0 aliphatic carbocycles. The van der Waals surface area contributed by atoms with Gasteiger partial charge in [-0.1, -0.05) is 0 Å². The zero-order chi connectivity index (χ0) is 18.1. The molecule has 1 aromatic carbocycles. The van der Waals surface area contributed by atoms with Crippen molar-refractivity contribution in [1.29, 1.82) is 0 Å². The van der Waals surface area contributed by atoms with Gasteiger partial charge in [0.2, 0.25) is 5.91 Å². The Hall–Kier alpha value is -2.67. The first-order valence-electron chi connectivity index (χ1n) is 8.29. The Kier molecular flexibility index (Phi) is 4.46. The van der Waals surface area contributed by atoms with Gasteiger partial charge in [-0.05, 0) is 36.2 Å². The molecule has 1 unspecified atom stereocenters. The minimum absolute atomic E-state index is 0.0797. The van der Waals surface area contributed by atoms with Crippen molar-refractivity contribution in [2.24, 2.45) is 5.92 Å². The molecule has 0 bridgehead atoms. The third-order valence-corrected chi connectivity index (χ3v) is 5.76. The van der Waals surface area contributed by atoms with Crippen LogP contribution in [-0.2, 0) is 0 Å². The SMILES string of the molecule is COc1cc2ccn(C(=O)C3CSN(c4cccnc4)C3)c2cc1OC. The number of hydrogen-bond acceptors (Lipinski definition) is 6. The highest BCUT2D eigenvalue weighted by atomic mass is 32.2. The van der Waals surface area contributed by atoms with Crippen LogP contribution < -0.4 is 13.8 Å². The van der Waals surface area contributed by atoms with E-state index in [-0.39, 0.29) is 11.8 Å². The first kappa shape index (κ1) is 16.8. The number of anilines is 1. The Labute approximate surface area is 155 Å². The molecule has 2 aromatic heterocycles. The Morgan fingerprint density at radius 3 is 2.77 bits per heavy atom. The summed E-state index contributed by atoms with van der Waals surface area (Å²) in [6.07, 6.45) is 5.39. The quantitative estimate of drug-likeness (QED) is 0.657. The summed E-state index contributed by atoms with van der Waals surface area (Å²) >= 11 is 1.66. The number of benzene rings is 1. The van der Waals surface area contributed by atoms with E-state index in [1.807, 2.05) is 42.7 Å². The highest BCUT2D eigenvalue weighted by molar-refractivity contribution is 8.00. The predicted molar refractivity (Wildman–Crippen MR) is 103 cm³/mol. The van der Waals surface area contributed by atoms with E-state index >= 15 is 0 Å². The van der Waals surface area contributed by atoms with Crippen molar-refractivity contribution in [2.45, 2.75) is 0 Å². The number of nitrogens with zero attached hydrogens (tertiary/aromatic N) is 3. The second-order valence-electron chi connectivity index (χ2n) is 6.05. The molecule has 1 fully saturated rings. The van der Waals surface area contributed by atoms with E-state index in [1.165, 1.54) is 0 Å². The van der Waals surface area contributed by atoms with E-state index in [1.54, 1.807) is 36.9 Å². The maximum atomic E-state index is 13.1. The number of methoxy groups -OCH3 is 2. The fourth-order valence-electron chi connectivity index (χ4n) is 3.17. The standard InChI is InChI=1S/C19H19N3O3S/c1-24-17-8-13-5-7-21(16(13)9-18(17)25-2)19(23)14-11-22(26-12-14)15-4-3-6-20-10-15/h3-10,14H,11-12H2,1-2H3. The van der Waals surface area contributed by atoms with E-state index in [2.05, 4.69) is 9.29 Å². The average molecular weight is 369 g/mol. The van der Waals surface area contributed by atoms with E-state index in [0.717, 1.165) is 22.3 Å². The summed E-state index contributed by atoms with van der Waals surface area (Å²) in [6.45, 7) is 0.669. The van der Waals surface area contributed by atoms with Crippen LogP contribution in [0.15, 0.2) is 48.9 Å². The van der Waals surface area contributed by atoms with Crippen LogP contribution in [0.5, 0.6) is 11.5 Å². The molecular weight excluding hydrogens is 350 g/mol. The van der Waals surface area contributed by atoms with Crippen molar-refractivity contribution in [3.8, 4) is 11.5 Å². The average Bonchev–Trinajstić information content (AvgIpc) is 3.34. The van der Waals surface area contributed by atoms with Gasteiger partial charge in [0.05, 0.1) is 37.5 Å². The summed E-state index contributed by atoms with van der Waals surface area (Å²) in [5.74, 6) is 2.03. The van der Waals surface area contributed by atoms with Gasteiger partial charge in [0.15, 0.2) is 11.5 Å².